The molecular weight excluding hydrogens is 503 g/mol. The zero-order chi connectivity index (χ0) is 26.2. The highest BCUT2D eigenvalue weighted by Gasteiger charge is 2.18. The summed E-state index contributed by atoms with van der Waals surface area (Å²) in [6.07, 6.45) is 0.884. The summed E-state index contributed by atoms with van der Waals surface area (Å²) in [7, 11) is 0. The molecule has 6 rings (SSSR count). The van der Waals surface area contributed by atoms with Crippen molar-refractivity contribution >= 4 is 21.7 Å². The normalized spacial score (nSPS) is 11.4. The molecule has 1 N–H and O–H groups in total. The van der Waals surface area contributed by atoms with Crippen LogP contribution in [0.25, 0.3) is 32.9 Å². The summed E-state index contributed by atoms with van der Waals surface area (Å²) in [6, 6.07) is 24.0. The summed E-state index contributed by atoms with van der Waals surface area (Å²) in [5, 5.41) is 3.83. The maximum Gasteiger partial charge on any atom is 0.439 e. The van der Waals surface area contributed by atoms with Gasteiger partial charge in [0.25, 0.3) is 0 Å². The van der Waals surface area contributed by atoms with E-state index in [2.05, 4.69) is 27.7 Å². The van der Waals surface area contributed by atoms with E-state index in [1.807, 2.05) is 53.1 Å². The van der Waals surface area contributed by atoms with Gasteiger partial charge in [0.1, 0.15) is 10.6 Å². The Morgan fingerprint density at radius 1 is 0.895 bits per heavy atom. The highest BCUT2D eigenvalue weighted by atomic mass is 32.1. The quantitative estimate of drug-likeness (QED) is 0.290. The summed E-state index contributed by atoms with van der Waals surface area (Å²) in [5.74, 6) is -0.531. The summed E-state index contributed by atoms with van der Waals surface area (Å²) >= 11 is 1.63. The monoisotopic (exact) mass is 526 g/mol. The van der Waals surface area contributed by atoms with Gasteiger partial charge in [0.05, 0.1) is 18.6 Å². The number of aromatic amines is 1. The number of rotatable bonds is 7. The van der Waals surface area contributed by atoms with Crippen LogP contribution in [0.2, 0.25) is 0 Å². The summed E-state index contributed by atoms with van der Waals surface area (Å²) < 4.78 is 21.7. The predicted molar refractivity (Wildman–Crippen MR) is 146 cm³/mol. The van der Waals surface area contributed by atoms with E-state index in [-0.39, 0.29) is 11.5 Å². The van der Waals surface area contributed by atoms with Crippen molar-refractivity contribution in [3.63, 3.8) is 0 Å². The number of aryl methyl sites for hydroxylation is 1. The second kappa shape index (κ2) is 9.75. The Morgan fingerprint density at radius 2 is 1.55 bits per heavy atom. The Labute approximate surface area is 220 Å². The van der Waals surface area contributed by atoms with Crippen LogP contribution in [-0.4, -0.2) is 19.3 Å². The van der Waals surface area contributed by atoms with Crippen molar-refractivity contribution in [2.24, 2.45) is 0 Å². The molecule has 0 aliphatic carbocycles. The fourth-order valence-corrected chi connectivity index (χ4v) is 5.73. The second-order valence-electron chi connectivity index (χ2n) is 9.02. The minimum Gasteiger partial charge on any atom is -0.296 e. The molecule has 6 aromatic rings. The van der Waals surface area contributed by atoms with Crippen molar-refractivity contribution in [3.05, 3.63) is 122 Å². The van der Waals surface area contributed by atoms with Gasteiger partial charge in [0.2, 0.25) is 0 Å². The van der Waals surface area contributed by atoms with Crippen LogP contribution in [0.4, 0.5) is 4.39 Å². The van der Waals surface area contributed by atoms with Gasteiger partial charge in [-0.1, -0.05) is 72.7 Å². The van der Waals surface area contributed by atoms with E-state index >= 15 is 0 Å². The van der Waals surface area contributed by atoms with Crippen molar-refractivity contribution < 1.29 is 8.91 Å². The maximum atomic E-state index is 13.5. The van der Waals surface area contributed by atoms with Crippen LogP contribution in [0, 0.1) is 5.82 Å². The van der Waals surface area contributed by atoms with Crippen LogP contribution in [0.5, 0.6) is 0 Å². The molecule has 7 nitrogen and oxygen atoms in total. The van der Waals surface area contributed by atoms with E-state index in [1.54, 1.807) is 28.0 Å². The molecule has 0 bridgehead atoms. The number of nitrogens with one attached hydrogen (secondary N) is 1. The topological polar surface area (TPSA) is 85.8 Å². The molecule has 0 aliphatic rings. The number of thiophene rings is 1. The van der Waals surface area contributed by atoms with Crippen LogP contribution < -0.4 is 11.4 Å². The molecule has 0 unspecified atom stereocenters. The molecule has 0 radical (unpaired) electrons. The molecule has 0 fully saturated rings. The Morgan fingerprint density at radius 3 is 2.21 bits per heavy atom. The van der Waals surface area contributed by atoms with Crippen LogP contribution in [0.15, 0.2) is 93.0 Å². The molecule has 0 spiro atoms. The van der Waals surface area contributed by atoms with Gasteiger partial charge in [-0.05, 0) is 46.9 Å². The SMILES string of the molecule is CCc1cc2c(s1)n(Cc1ccc(-c3ccccc3-c3noc(=O)[nH]3)cc1)c(=O)n2Cc1ccc(F)cc1. The Kier molecular flexibility index (Phi) is 6.13. The Balaban J connectivity index is 1.34. The number of H-pyrrole nitrogens is 1. The lowest BCUT2D eigenvalue weighted by molar-refractivity contribution is 0.388. The van der Waals surface area contributed by atoms with E-state index < -0.39 is 5.76 Å². The molecule has 0 amide bonds. The average molecular weight is 527 g/mol. The fourth-order valence-electron chi connectivity index (χ4n) is 4.64. The van der Waals surface area contributed by atoms with Gasteiger partial charge in [-0.15, -0.1) is 11.3 Å². The van der Waals surface area contributed by atoms with Crippen LogP contribution in [-0.2, 0) is 19.5 Å². The molecule has 9 heteroatoms. The van der Waals surface area contributed by atoms with Gasteiger partial charge in [0.15, 0.2) is 5.82 Å². The standard InChI is InChI=1S/C29H23FN4O3S/c1-2-22-15-25-27(38-22)34(29(36)33(25)16-19-9-13-21(30)14-10-19)17-18-7-11-20(12-8-18)23-5-3-4-6-24(23)26-31-28(35)37-32-26/h3-15H,2,16-17H2,1H3,(H,31,32,35). The van der Waals surface area contributed by atoms with E-state index in [9.17, 15) is 14.0 Å². The lowest BCUT2D eigenvalue weighted by atomic mass is 9.98. The Bertz CT molecular complexity index is 1860. The zero-order valence-corrected chi connectivity index (χ0v) is 21.3. The predicted octanol–water partition coefficient (Wildman–Crippen LogP) is 5.67. The molecule has 0 atom stereocenters. The van der Waals surface area contributed by atoms with E-state index in [0.29, 0.717) is 18.9 Å². The van der Waals surface area contributed by atoms with Crippen LogP contribution >= 0.6 is 11.3 Å². The van der Waals surface area contributed by atoms with Crippen LogP contribution in [0.1, 0.15) is 22.9 Å². The minimum absolute atomic E-state index is 0.0948. The summed E-state index contributed by atoms with van der Waals surface area (Å²) in [6.45, 7) is 2.90. The number of hydrogen-bond donors (Lipinski definition) is 1. The number of imidazole rings is 1. The van der Waals surface area contributed by atoms with E-state index in [4.69, 9.17) is 0 Å². The largest absolute Gasteiger partial charge is 0.439 e. The maximum absolute atomic E-state index is 13.5. The lowest BCUT2D eigenvalue weighted by Gasteiger charge is -2.09. The smallest absolute Gasteiger partial charge is 0.296 e. The third-order valence-corrected chi connectivity index (χ3v) is 7.86. The van der Waals surface area contributed by atoms with Crippen molar-refractivity contribution in [1.29, 1.82) is 0 Å². The molecule has 38 heavy (non-hydrogen) atoms. The van der Waals surface area contributed by atoms with E-state index in [1.165, 1.54) is 17.0 Å². The number of nitrogens with zero attached hydrogens (tertiary/aromatic N) is 3. The first-order valence-electron chi connectivity index (χ1n) is 12.2. The fraction of sp³-hybridized carbons (Fsp3) is 0.138. The molecule has 0 saturated heterocycles. The third-order valence-electron chi connectivity index (χ3n) is 6.57. The molecular formula is C29H23FN4O3S. The van der Waals surface area contributed by atoms with Crippen molar-refractivity contribution in [3.8, 4) is 22.5 Å². The second-order valence-corrected chi connectivity index (χ2v) is 10.1. The molecule has 3 aromatic carbocycles. The molecule has 0 aliphatic heterocycles. The first kappa shape index (κ1) is 23.9. The van der Waals surface area contributed by atoms with Gasteiger partial charge < -0.3 is 0 Å². The number of fused-ring (bicyclic) bond motifs is 1. The molecule has 190 valence electrons. The van der Waals surface area contributed by atoms with Gasteiger partial charge in [0, 0.05) is 10.4 Å². The first-order valence-corrected chi connectivity index (χ1v) is 13.0. The number of benzene rings is 3. The first-order chi connectivity index (χ1) is 18.5. The van der Waals surface area contributed by atoms with Gasteiger partial charge in [-0.3, -0.25) is 18.6 Å². The number of halogens is 1. The van der Waals surface area contributed by atoms with Crippen molar-refractivity contribution in [1.82, 2.24) is 19.3 Å². The highest BCUT2D eigenvalue weighted by molar-refractivity contribution is 7.18. The van der Waals surface area contributed by atoms with Crippen molar-refractivity contribution in [2.45, 2.75) is 26.4 Å². The summed E-state index contributed by atoms with van der Waals surface area (Å²) in [5.41, 5.74) is 5.26. The average Bonchev–Trinajstić information content (AvgIpc) is 3.62. The highest BCUT2D eigenvalue weighted by Crippen LogP contribution is 2.31. The van der Waals surface area contributed by atoms with Gasteiger partial charge >= 0.3 is 11.4 Å². The number of aromatic nitrogens is 4. The van der Waals surface area contributed by atoms with E-state index in [0.717, 1.165) is 44.6 Å². The Hall–Kier alpha value is -4.50. The lowest BCUT2D eigenvalue weighted by Crippen LogP contribution is -2.25. The molecule has 3 aromatic heterocycles. The zero-order valence-electron chi connectivity index (χ0n) is 20.5. The van der Waals surface area contributed by atoms with Gasteiger partial charge in [-0.2, -0.15) is 0 Å². The molecule has 0 saturated carbocycles. The van der Waals surface area contributed by atoms with Crippen molar-refractivity contribution in [2.75, 3.05) is 0 Å². The number of hydrogen-bond acceptors (Lipinski definition) is 5. The minimum atomic E-state index is -0.604. The van der Waals surface area contributed by atoms with Crippen LogP contribution in [0.3, 0.4) is 0 Å². The molecule has 3 heterocycles. The summed E-state index contributed by atoms with van der Waals surface area (Å²) in [4.78, 5) is 29.7. The third kappa shape index (κ3) is 4.41. The van der Waals surface area contributed by atoms with Gasteiger partial charge in [-0.25, -0.2) is 14.0 Å².